The molecule has 1 atom stereocenters. The van der Waals surface area contributed by atoms with Crippen LogP contribution in [0.15, 0.2) is 36.4 Å². The first-order chi connectivity index (χ1) is 9.51. The van der Waals surface area contributed by atoms with E-state index >= 15 is 0 Å². The van der Waals surface area contributed by atoms with Crippen LogP contribution in [0.1, 0.15) is 17.2 Å². The molecular formula is C15H14F3NO. The van der Waals surface area contributed by atoms with Gasteiger partial charge in [-0.1, -0.05) is 12.1 Å². The summed E-state index contributed by atoms with van der Waals surface area (Å²) in [7, 11) is 0. The van der Waals surface area contributed by atoms with Crippen LogP contribution >= 0.6 is 0 Å². The summed E-state index contributed by atoms with van der Waals surface area (Å²) >= 11 is 0. The monoisotopic (exact) mass is 281 g/mol. The van der Waals surface area contributed by atoms with Crippen LogP contribution in [0.5, 0.6) is 0 Å². The molecule has 0 fully saturated rings. The van der Waals surface area contributed by atoms with Gasteiger partial charge in [0.2, 0.25) is 0 Å². The van der Waals surface area contributed by atoms with Gasteiger partial charge < -0.3 is 10.4 Å². The number of aryl methyl sites for hydroxylation is 1. The molecule has 0 saturated heterocycles. The van der Waals surface area contributed by atoms with Gasteiger partial charge in [0.1, 0.15) is 0 Å². The third-order valence-electron chi connectivity index (χ3n) is 2.95. The lowest BCUT2D eigenvalue weighted by molar-refractivity contribution is 0.275. The number of aliphatic hydroxyl groups excluding tert-OH is 1. The van der Waals surface area contributed by atoms with E-state index in [2.05, 4.69) is 5.32 Å². The largest absolute Gasteiger partial charge is 0.394 e. The molecule has 0 heterocycles. The van der Waals surface area contributed by atoms with Gasteiger partial charge in [-0.3, -0.25) is 0 Å². The number of nitrogens with one attached hydrogen (secondary N) is 1. The van der Waals surface area contributed by atoms with Gasteiger partial charge in [0.25, 0.3) is 0 Å². The van der Waals surface area contributed by atoms with Crippen molar-refractivity contribution in [3.8, 4) is 0 Å². The molecule has 0 radical (unpaired) electrons. The van der Waals surface area contributed by atoms with E-state index in [1.165, 1.54) is 0 Å². The van der Waals surface area contributed by atoms with Crippen molar-refractivity contribution in [1.82, 2.24) is 0 Å². The molecule has 0 aliphatic rings. The number of halogens is 3. The van der Waals surface area contributed by atoms with E-state index in [1.54, 1.807) is 6.07 Å². The molecule has 0 aliphatic heterocycles. The standard InChI is InChI=1S/C15H14F3NO/c1-9-3-2-4-11(5-9)19-14(8-20)10-6-12(16)15(18)13(17)7-10/h2-7,14,19-20H,8H2,1H3. The second-order valence-corrected chi connectivity index (χ2v) is 4.55. The highest BCUT2D eigenvalue weighted by Crippen LogP contribution is 2.23. The minimum atomic E-state index is -1.51. The van der Waals surface area contributed by atoms with E-state index in [1.807, 2.05) is 25.1 Å². The molecular weight excluding hydrogens is 267 g/mol. The predicted molar refractivity (Wildman–Crippen MR) is 70.9 cm³/mol. The van der Waals surface area contributed by atoms with Gasteiger partial charge in [-0.2, -0.15) is 0 Å². The Hall–Kier alpha value is -2.01. The summed E-state index contributed by atoms with van der Waals surface area (Å²) in [6.07, 6.45) is 0. The zero-order chi connectivity index (χ0) is 14.7. The molecule has 5 heteroatoms. The lowest BCUT2D eigenvalue weighted by Gasteiger charge is -2.18. The van der Waals surface area contributed by atoms with Crippen LogP contribution in [0.4, 0.5) is 18.9 Å². The summed E-state index contributed by atoms with van der Waals surface area (Å²) in [6.45, 7) is 1.52. The maximum absolute atomic E-state index is 13.2. The van der Waals surface area contributed by atoms with E-state index < -0.39 is 23.5 Å². The quantitative estimate of drug-likeness (QED) is 0.840. The molecule has 0 spiro atoms. The molecule has 20 heavy (non-hydrogen) atoms. The molecule has 2 nitrogen and oxygen atoms in total. The van der Waals surface area contributed by atoms with Crippen molar-refractivity contribution >= 4 is 5.69 Å². The van der Waals surface area contributed by atoms with E-state index in [4.69, 9.17) is 0 Å². The Morgan fingerprint density at radius 2 is 1.75 bits per heavy atom. The zero-order valence-corrected chi connectivity index (χ0v) is 10.8. The lowest BCUT2D eigenvalue weighted by atomic mass is 10.1. The van der Waals surface area contributed by atoms with E-state index in [-0.39, 0.29) is 12.2 Å². The highest BCUT2D eigenvalue weighted by atomic mass is 19.2. The fourth-order valence-electron chi connectivity index (χ4n) is 1.95. The van der Waals surface area contributed by atoms with E-state index in [0.29, 0.717) is 5.69 Å². The smallest absolute Gasteiger partial charge is 0.194 e. The molecule has 2 aromatic rings. The average molecular weight is 281 g/mol. The molecule has 1 unspecified atom stereocenters. The summed E-state index contributed by atoms with van der Waals surface area (Å²) < 4.78 is 39.4. The maximum Gasteiger partial charge on any atom is 0.194 e. The Balaban J connectivity index is 2.29. The van der Waals surface area contributed by atoms with E-state index in [0.717, 1.165) is 17.7 Å². The molecule has 0 bridgehead atoms. The van der Waals surface area contributed by atoms with Crippen molar-refractivity contribution in [2.45, 2.75) is 13.0 Å². The van der Waals surface area contributed by atoms with Gasteiger partial charge in [-0.05, 0) is 42.3 Å². The second-order valence-electron chi connectivity index (χ2n) is 4.55. The van der Waals surface area contributed by atoms with Crippen molar-refractivity contribution in [2.24, 2.45) is 0 Å². The van der Waals surface area contributed by atoms with Gasteiger partial charge in [-0.25, -0.2) is 13.2 Å². The van der Waals surface area contributed by atoms with Gasteiger partial charge >= 0.3 is 0 Å². The van der Waals surface area contributed by atoms with Crippen LogP contribution in [0.2, 0.25) is 0 Å². The molecule has 0 saturated carbocycles. The Kier molecular flexibility index (Phi) is 4.29. The van der Waals surface area contributed by atoms with Crippen LogP contribution in [-0.4, -0.2) is 11.7 Å². The van der Waals surface area contributed by atoms with Gasteiger partial charge in [0.15, 0.2) is 17.5 Å². The fraction of sp³-hybridized carbons (Fsp3) is 0.200. The molecule has 2 rings (SSSR count). The Morgan fingerprint density at radius 1 is 1.10 bits per heavy atom. The summed E-state index contributed by atoms with van der Waals surface area (Å²) in [6, 6.07) is 8.35. The number of rotatable bonds is 4. The Labute approximate surface area is 114 Å². The first-order valence-electron chi connectivity index (χ1n) is 6.09. The Morgan fingerprint density at radius 3 is 2.30 bits per heavy atom. The minimum absolute atomic E-state index is 0.144. The number of hydrogen-bond donors (Lipinski definition) is 2. The SMILES string of the molecule is Cc1cccc(NC(CO)c2cc(F)c(F)c(F)c2)c1. The molecule has 2 N–H and O–H groups in total. The van der Waals surface area contributed by atoms with Crippen molar-refractivity contribution in [3.05, 3.63) is 65.0 Å². The van der Waals surface area contributed by atoms with Crippen molar-refractivity contribution in [2.75, 3.05) is 11.9 Å². The number of aliphatic hydroxyl groups is 1. The Bertz CT molecular complexity index is 593. The van der Waals surface area contributed by atoms with Crippen molar-refractivity contribution in [1.29, 1.82) is 0 Å². The van der Waals surface area contributed by atoms with Crippen molar-refractivity contribution < 1.29 is 18.3 Å². The summed E-state index contributed by atoms with van der Waals surface area (Å²) in [4.78, 5) is 0. The highest BCUT2D eigenvalue weighted by molar-refractivity contribution is 5.47. The maximum atomic E-state index is 13.2. The number of hydrogen-bond acceptors (Lipinski definition) is 2. The highest BCUT2D eigenvalue weighted by Gasteiger charge is 2.17. The molecule has 106 valence electrons. The molecule has 0 aromatic heterocycles. The van der Waals surface area contributed by atoms with Gasteiger partial charge in [-0.15, -0.1) is 0 Å². The normalized spacial score (nSPS) is 12.2. The summed E-state index contributed by atoms with van der Waals surface area (Å²) in [5, 5.41) is 12.3. The van der Waals surface area contributed by atoms with Crippen LogP contribution in [0.3, 0.4) is 0 Å². The van der Waals surface area contributed by atoms with Gasteiger partial charge in [0, 0.05) is 5.69 Å². The minimum Gasteiger partial charge on any atom is -0.394 e. The number of anilines is 1. The third kappa shape index (κ3) is 3.11. The third-order valence-corrected chi connectivity index (χ3v) is 2.95. The van der Waals surface area contributed by atoms with Crippen LogP contribution in [0.25, 0.3) is 0 Å². The van der Waals surface area contributed by atoms with Crippen molar-refractivity contribution in [3.63, 3.8) is 0 Å². The number of benzene rings is 2. The van der Waals surface area contributed by atoms with Gasteiger partial charge in [0.05, 0.1) is 12.6 Å². The molecule has 0 amide bonds. The van der Waals surface area contributed by atoms with Crippen LogP contribution < -0.4 is 5.32 Å². The molecule has 0 aliphatic carbocycles. The summed E-state index contributed by atoms with van der Waals surface area (Å²) in [5.74, 6) is -4.06. The topological polar surface area (TPSA) is 32.3 Å². The van der Waals surface area contributed by atoms with E-state index in [9.17, 15) is 18.3 Å². The predicted octanol–water partition coefficient (Wildman–Crippen LogP) is 3.56. The molecule has 2 aromatic carbocycles. The van der Waals surface area contributed by atoms with Crippen LogP contribution in [0, 0.1) is 24.4 Å². The first kappa shape index (κ1) is 14.4. The summed E-state index contributed by atoms with van der Waals surface area (Å²) in [5.41, 5.74) is 1.85. The first-order valence-corrected chi connectivity index (χ1v) is 6.09. The zero-order valence-electron chi connectivity index (χ0n) is 10.8. The average Bonchev–Trinajstić information content (AvgIpc) is 2.41. The van der Waals surface area contributed by atoms with Crippen LogP contribution in [-0.2, 0) is 0 Å². The fourth-order valence-corrected chi connectivity index (χ4v) is 1.95. The lowest BCUT2D eigenvalue weighted by Crippen LogP contribution is -2.16. The second kappa shape index (κ2) is 5.96.